The van der Waals surface area contributed by atoms with E-state index in [1.165, 1.54) is 13.3 Å². The Morgan fingerprint density at radius 3 is 2.10 bits per heavy atom. The SMILES string of the molecule is CCOC(=O)CN(CCNC(=O)CC[C@@H]1C2=N[C@@](C)([C@@H]3N=C(/C(C)=C4N=C(/C=C5\N/C(=C\2C)[C@@](C)(CC(N)=O)[C@@H]5CCC(N)=O)C(C)(C)[C@@H]\4CCC(N)=O)[C@](C)(CCC(=O)NC[C@@H](C)OP(=O)(O)O[C@@H]2[C@H](CO)OC(n4cnc5cc(C)c(C)cc54)[C@@H]2O)[C@H]3CC(N)=O)[C@@]1(C)CC(N)=O)Cc1ccccn1. The Kier molecular flexibility index (Phi) is 25.1. The number of imidazole rings is 1. The average molecular weight is 1490 g/mol. The van der Waals surface area contributed by atoms with E-state index in [0.29, 0.717) is 62.1 Å². The summed E-state index contributed by atoms with van der Waals surface area (Å²) < 4.78 is 37.8. The standard InChI is InChI=1S/C74H106N15O16P/c1-13-102-61(98)36-88(35-44-16-14-15-25-80-44)27-26-81-59(96)22-19-47-63-43(6)67-72(10,32-57(78)94)45(17-20-54(75)91)49(84-67)31-53-70(7,8)46(18-21-55(76)92)62(85-53)42(5)66-71(9,48(30-56(77)93)68(86-66)74(12,87-63)73(47,11)33-58(79)95)24-23-60(97)82-34-41(4)104-106(100,101)105-65-52(37-90)103-69(64(65)99)89-38-83-50-28-39(2)40(3)29-51(50)89/h14-16,25,28-29,31,38,41,45-48,52,64-65,68-69,84,90,99H,13,17-24,26-27,30,32-37H2,1-12H3,(H2,75,91)(H2,76,92)(H2,77,93)(H2,78,94)(H2,79,95)(H,81,96)(H,82,97)(H,100,101)/b49-31-,62-42-,67-43-/t41-,45-,46-,47-,48+,52+,64-,65-,68-,69?,71-,72+,73+,74+/m1/s1. The van der Waals surface area contributed by atoms with E-state index in [1.807, 2.05) is 104 Å². The fourth-order valence-corrected chi connectivity index (χ4v) is 18.3. The molecule has 31 nitrogen and oxygen atoms in total. The quantitative estimate of drug-likeness (QED) is 0.0294. The summed E-state index contributed by atoms with van der Waals surface area (Å²) >= 11 is 0. The van der Waals surface area contributed by atoms with Crippen molar-refractivity contribution in [3.8, 4) is 0 Å². The number of benzene rings is 1. The van der Waals surface area contributed by atoms with E-state index in [4.69, 9.17) is 62.2 Å². The second-order valence-corrected chi connectivity index (χ2v) is 32.2. The lowest BCUT2D eigenvalue weighted by Gasteiger charge is -2.48. The van der Waals surface area contributed by atoms with Gasteiger partial charge in [0.1, 0.15) is 18.3 Å². The van der Waals surface area contributed by atoms with Crippen molar-refractivity contribution in [2.75, 3.05) is 39.4 Å². The number of carbonyl (C=O) groups excluding carboxylic acids is 8. The van der Waals surface area contributed by atoms with Gasteiger partial charge in [-0.25, -0.2) is 9.55 Å². The summed E-state index contributed by atoms with van der Waals surface area (Å²) in [5.74, 6) is -7.70. The predicted molar refractivity (Wildman–Crippen MR) is 394 cm³/mol. The molecule has 16 N–H and O–H groups in total. The van der Waals surface area contributed by atoms with E-state index < -0.39 is 143 Å². The summed E-state index contributed by atoms with van der Waals surface area (Å²) in [6.07, 6.45) is -3.00. The summed E-state index contributed by atoms with van der Waals surface area (Å²) in [5.41, 5.74) is 32.2. The van der Waals surface area contributed by atoms with Crippen molar-refractivity contribution >= 4 is 83.3 Å². The van der Waals surface area contributed by atoms with Gasteiger partial charge >= 0.3 is 13.8 Å². The van der Waals surface area contributed by atoms with E-state index in [0.717, 1.165) is 11.1 Å². The molecular formula is C74H106N15O16P. The van der Waals surface area contributed by atoms with Gasteiger partial charge in [-0.2, -0.15) is 0 Å². The molecule has 8 bridgehead atoms. The lowest BCUT2D eigenvalue weighted by atomic mass is 9.55. The molecule has 2 fully saturated rings. The Bertz CT molecular complexity index is 4170. The number of nitrogens with two attached hydrogens (primary N) is 5. The van der Waals surface area contributed by atoms with Crippen LogP contribution in [0.25, 0.3) is 11.0 Å². The van der Waals surface area contributed by atoms with Crippen LogP contribution in [-0.4, -0.2) is 174 Å². The van der Waals surface area contributed by atoms with Gasteiger partial charge in [-0.1, -0.05) is 40.7 Å². The zero-order valence-corrected chi connectivity index (χ0v) is 63.6. The number of aliphatic hydroxyl groups excluding tert-OH is 2. The molecule has 9 rings (SSSR count). The molecule has 7 amide bonds. The number of allylic oxidation sites excluding steroid dienone is 6. The van der Waals surface area contributed by atoms with Gasteiger partial charge in [-0.3, -0.25) is 72.3 Å². The number of nitrogens with zero attached hydrogens (tertiary/aromatic N) is 7. The number of hydrogen-bond donors (Lipinski definition) is 11. The molecule has 32 heteroatoms. The van der Waals surface area contributed by atoms with Crippen LogP contribution in [-0.2, 0) is 68.0 Å². The Morgan fingerprint density at radius 2 is 1.47 bits per heavy atom. The van der Waals surface area contributed by atoms with E-state index in [1.54, 1.807) is 23.8 Å². The summed E-state index contributed by atoms with van der Waals surface area (Å²) in [6.45, 7) is 21.7. The number of aliphatic hydroxyl groups is 2. The van der Waals surface area contributed by atoms with Gasteiger partial charge in [0.25, 0.3) is 0 Å². The minimum absolute atomic E-state index is 0.0380. The Labute approximate surface area is 617 Å². The van der Waals surface area contributed by atoms with Gasteiger partial charge in [-0.05, 0) is 127 Å². The van der Waals surface area contributed by atoms with E-state index in [9.17, 15) is 58.0 Å². The van der Waals surface area contributed by atoms with Crippen molar-refractivity contribution in [1.82, 2.24) is 35.4 Å². The van der Waals surface area contributed by atoms with Crippen molar-refractivity contribution < 1.29 is 76.5 Å². The van der Waals surface area contributed by atoms with Crippen LogP contribution in [0.1, 0.15) is 163 Å². The second-order valence-electron chi connectivity index (χ2n) is 30.8. The highest BCUT2D eigenvalue weighted by Crippen LogP contribution is 2.63. The normalized spacial score (nSPS) is 30.8. The molecule has 8 heterocycles. The van der Waals surface area contributed by atoms with E-state index >= 15 is 0 Å². The molecular weight excluding hydrogens is 1390 g/mol. The zero-order chi connectivity index (χ0) is 77.9. The molecule has 0 aliphatic carbocycles. The van der Waals surface area contributed by atoms with Crippen molar-refractivity contribution in [2.24, 2.45) is 89.0 Å². The number of aliphatic imine (C=N–C) groups is 3. The van der Waals surface area contributed by atoms with Gasteiger partial charge in [-0.15, -0.1) is 0 Å². The Morgan fingerprint density at radius 1 is 0.811 bits per heavy atom. The molecule has 2 unspecified atom stereocenters. The fourth-order valence-electron chi connectivity index (χ4n) is 17.2. The summed E-state index contributed by atoms with van der Waals surface area (Å²) in [6, 6.07) is 8.07. The number of aryl methyl sites for hydroxylation is 2. The molecule has 15 atom stereocenters. The van der Waals surface area contributed by atoms with Gasteiger partial charge in [0, 0.05) is 157 Å². The maximum absolute atomic E-state index is 14.6. The molecule has 2 aromatic heterocycles. The molecule has 6 aliphatic heterocycles. The van der Waals surface area contributed by atoms with Crippen LogP contribution in [0.2, 0.25) is 0 Å². The smallest absolute Gasteiger partial charge is 0.465 e. The van der Waals surface area contributed by atoms with Crippen molar-refractivity contribution in [3.05, 3.63) is 94.0 Å². The lowest BCUT2D eigenvalue weighted by molar-refractivity contribution is -0.144. The lowest BCUT2D eigenvalue weighted by Crippen LogP contribution is -2.56. The number of hydrogen-bond acceptors (Lipinski definition) is 22. The highest BCUT2D eigenvalue weighted by atomic mass is 31.2. The number of primary amides is 5. The van der Waals surface area contributed by atoms with Crippen LogP contribution < -0.4 is 44.6 Å². The molecule has 0 radical (unpaired) electrons. The van der Waals surface area contributed by atoms with E-state index in [-0.39, 0.29) is 116 Å². The van der Waals surface area contributed by atoms with Crippen LogP contribution in [0.5, 0.6) is 0 Å². The molecule has 0 saturated carbocycles. The predicted octanol–water partition coefficient (Wildman–Crippen LogP) is 4.25. The molecule has 0 spiro atoms. The second kappa shape index (κ2) is 32.6. The topological polar surface area (TPSA) is 488 Å². The minimum atomic E-state index is -5.11. The summed E-state index contributed by atoms with van der Waals surface area (Å²) in [4.78, 5) is 148. The number of carbonyl (C=O) groups is 8. The third-order valence-electron chi connectivity index (χ3n) is 23.1. The molecule has 3 aromatic rings. The number of esters is 1. The van der Waals surface area contributed by atoms with Crippen LogP contribution in [0.3, 0.4) is 0 Å². The first-order chi connectivity index (χ1) is 49.7. The fraction of sp³-hybridized carbons (Fsp3) is 0.608. The van der Waals surface area contributed by atoms with E-state index in [2.05, 4.69) is 25.9 Å². The molecule has 578 valence electrons. The molecule has 6 aliphatic rings. The number of rotatable bonds is 34. The van der Waals surface area contributed by atoms with Gasteiger partial charge in [0.05, 0.1) is 60.5 Å². The molecule has 1 aromatic carbocycles. The van der Waals surface area contributed by atoms with Crippen LogP contribution in [0.4, 0.5) is 0 Å². The third kappa shape index (κ3) is 17.1. The van der Waals surface area contributed by atoms with Crippen molar-refractivity contribution in [2.45, 2.75) is 202 Å². The number of nitrogens with one attached hydrogen (secondary N) is 3. The first kappa shape index (κ1) is 81.7. The largest absolute Gasteiger partial charge is 0.472 e. The first-order valence-electron chi connectivity index (χ1n) is 36.2. The van der Waals surface area contributed by atoms with Crippen LogP contribution >= 0.6 is 7.82 Å². The number of aromatic nitrogens is 3. The highest BCUT2D eigenvalue weighted by molar-refractivity contribution is 7.47. The van der Waals surface area contributed by atoms with Gasteiger partial charge in [0.2, 0.25) is 41.4 Å². The number of phosphoric acid groups is 1. The number of amides is 7. The first-order valence-corrected chi connectivity index (χ1v) is 37.7. The maximum atomic E-state index is 14.6. The number of pyridine rings is 1. The average Bonchev–Trinajstić information content (AvgIpc) is 1.53. The zero-order valence-electron chi connectivity index (χ0n) is 62.7. The van der Waals surface area contributed by atoms with Gasteiger partial charge in [0.15, 0.2) is 6.23 Å². The van der Waals surface area contributed by atoms with Crippen LogP contribution in [0, 0.1) is 59.2 Å². The number of fused-ring (bicyclic) bond motifs is 7. The number of ether oxygens (including phenoxy) is 2. The Hall–Kier alpha value is -8.42. The summed E-state index contributed by atoms with van der Waals surface area (Å²) in [7, 11) is -5.11. The van der Waals surface area contributed by atoms with Crippen molar-refractivity contribution in [1.29, 1.82) is 0 Å². The highest BCUT2D eigenvalue weighted by Gasteiger charge is 2.66. The van der Waals surface area contributed by atoms with Crippen molar-refractivity contribution in [3.63, 3.8) is 0 Å². The number of phosphoric ester groups is 1. The Balaban J connectivity index is 1.10. The maximum Gasteiger partial charge on any atom is 0.472 e. The van der Waals surface area contributed by atoms with Gasteiger partial charge < -0.3 is 73.8 Å². The third-order valence-corrected chi connectivity index (χ3v) is 24.2. The molecule has 106 heavy (non-hydrogen) atoms. The summed E-state index contributed by atoms with van der Waals surface area (Å²) in [5, 5.41) is 31.5. The monoisotopic (exact) mass is 1490 g/mol. The minimum Gasteiger partial charge on any atom is -0.465 e. The van der Waals surface area contributed by atoms with Crippen LogP contribution in [0.15, 0.2) is 92.1 Å². The molecule has 2 saturated heterocycles.